The molecule has 1 saturated heterocycles. The minimum Gasteiger partial charge on any atom is -0.392 e. The highest BCUT2D eigenvalue weighted by molar-refractivity contribution is 7.90. The number of amides is 1. The zero-order valence-electron chi connectivity index (χ0n) is 9.27. The fourth-order valence-corrected chi connectivity index (χ4v) is 2.25. The molecule has 0 aromatic carbocycles. The monoisotopic (exact) mass is 250 g/mol. The maximum Gasteiger partial charge on any atom is 0.237 e. The minimum atomic E-state index is -2.96. The molecular weight excluding hydrogens is 232 g/mol. The first-order chi connectivity index (χ1) is 7.38. The van der Waals surface area contributed by atoms with Gasteiger partial charge < -0.3 is 15.7 Å². The van der Waals surface area contributed by atoms with Crippen molar-refractivity contribution >= 4 is 15.7 Å². The summed E-state index contributed by atoms with van der Waals surface area (Å²) in [7, 11) is -2.96. The van der Waals surface area contributed by atoms with Gasteiger partial charge in [0.1, 0.15) is 9.84 Å². The average Bonchev–Trinajstić information content (AvgIpc) is 2.57. The van der Waals surface area contributed by atoms with Crippen molar-refractivity contribution in [2.24, 2.45) is 0 Å². The second kappa shape index (κ2) is 5.60. The normalized spacial score (nSPS) is 25.6. The molecule has 16 heavy (non-hydrogen) atoms. The average molecular weight is 250 g/mol. The molecule has 1 heterocycles. The first-order valence-corrected chi connectivity index (χ1v) is 7.31. The van der Waals surface area contributed by atoms with E-state index in [0.717, 1.165) is 0 Å². The van der Waals surface area contributed by atoms with E-state index in [9.17, 15) is 18.3 Å². The summed E-state index contributed by atoms with van der Waals surface area (Å²) in [6.45, 7) is 0.779. The Hall–Kier alpha value is -0.660. The number of β-amino-alcohol motifs (C(OH)–C–C–N with tert-alkyl or cyclic N) is 1. The molecule has 0 aromatic heterocycles. The molecule has 0 aliphatic carbocycles. The van der Waals surface area contributed by atoms with Gasteiger partial charge in [-0.3, -0.25) is 4.79 Å². The third kappa shape index (κ3) is 4.91. The first-order valence-electron chi connectivity index (χ1n) is 5.25. The molecule has 0 spiro atoms. The van der Waals surface area contributed by atoms with E-state index in [2.05, 4.69) is 10.6 Å². The summed E-state index contributed by atoms with van der Waals surface area (Å²) >= 11 is 0. The second-order valence-electron chi connectivity index (χ2n) is 4.12. The molecule has 1 amide bonds. The van der Waals surface area contributed by atoms with E-state index >= 15 is 0 Å². The summed E-state index contributed by atoms with van der Waals surface area (Å²) in [6.07, 6.45) is 1.54. The Morgan fingerprint density at radius 1 is 1.56 bits per heavy atom. The summed E-state index contributed by atoms with van der Waals surface area (Å²) in [5, 5.41) is 14.7. The van der Waals surface area contributed by atoms with Gasteiger partial charge in [0.2, 0.25) is 5.91 Å². The van der Waals surface area contributed by atoms with Crippen molar-refractivity contribution in [2.45, 2.75) is 25.0 Å². The highest BCUT2D eigenvalue weighted by Gasteiger charge is 2.27. The van der Waals surface area contributed by atoms with E-state index < -0.39 is 15.9 Å². The van der Waals surface area contributed by atoms with Gasteiger partial charge in [0.05, 0.1) is 17.9 Å². The van der Waals surface area contributed by atoms with Gasteiger partial charge in [0.15, 0.2) is 0 Å². The molecule has 0 bridgehead atoms. The highest BCUT2D eigenvalue weighted by atomic mass is 32.2. The Bertz CT molecular complexity index is 341. The Morgan fingerprint density at radius 3 is 2.75 bits per heavy atom. The third-order valence-electron chi connectivity index (χ3n) is 2.42. The highest BCUT2D eigenvalue weighted by Crippen LogP contribution is 2.05. The lowest BCUT2D eigenvalue weighted by atomic mass is 10.2. The summed E-state index contributed by atoms with van der Waals surface area (Å²) in [5.74, 6) is -0.0985. The Morgan fingerprint density at radius 2 is 2.25 bits per heavy atom. The van der Waals surface area contributed by atoms with Crippen molar-refractivity contribution in [1.29, 1.82) is 0 Å². The van der Waals surface area contributed by atoms with Crippen LogP contribution in [0.5, 0.6) is 0 Å². The van der Waals surface area contributed by atoms with Crippen LogP contribution in [0.25, 0.3) is 0 Å². The minimum absolute atomic E-state index is 0.0774. The number of sulfone groups is 1. The van der Waals surface area contributed by atoms with Gasteiger partial charge in [-0.15, -0.1) is 0 Å². The Balaban J connectivity index is 2.16. The lowest BCUT2D eigenvalue weighted by molar-refractivity contribution is -0.122. The molecule has 94 valence electrons. The van der Waals surface area contributed by atoms with Crippen molar-refractivity contribution in [3.8, 4) is 0 Å². The van der Waals surface area contributed by atoms with Crippen molar-refractivity contribution in [3.05, 3.63) is 0 Å². The van der Waals surface area contributed by atoms with Crippen LogP contribution in [0.1, 0.15) is 12.8 Å². The van der Waals surface area contributed by atoms with E-state index in [1.54, 1.807) is 0 Å². The summed E-state index contributed by atoms with van der Waals surface area (Å²) < 4.78 is 21.6. The number of aliphatic hydroxyl groups is 1. The number of hydrogen-bond acceptors (Lipinski definition) is 5. The van der Waals surface area contributed by atoms with Crippen LogP contribution in [0, 0.1) is 0 Å². The van der Waals surface area contributed by atoms with Crippen molar-refractivity contribution in [1.82, 2.24) is 10.6 Å². The standard InChI is InChI=1S/C9H18N2O4S/c1-16(14,15)4-2-3-10-9(13)8-5-7(12)6-11-8/h7-8,11-12H,2-6H2,1H3,(H,10,13). The maximum absolute atomic E-state index is 11.5. The lowest BCUT2D eigenvalue weighted by Gasteiger charge is -2.10. The predicted molar refractivity (Wildman–Crippen MR) is 59.8 cm³/mol. The van der Waals surface area contributed by atoms with Gasteiger partial charge in [0.25, 0.3) is 0 Å². The molecule has 2 atom stereocenters. The summed E-state index contributed by atoms with van der Waals surface area (Å²) in [4.78, 5) is 11.5. The molecule has 1 rings (SSSR count). The van der Waals surface area contributed by atoms with Crippen molar-refractivity contribution in [3.63, 3.8) is 0 Å². The number of hydrogen-bond donors (Lipinski definition) is 3. The fraction of sp³-hybridized carbons (Fsp3) is 0.889. The number of aliphatic hydroxyl groups excluding tert-OH is 1. The molecule has 1 aliphatic heterocycles. The molecule has 2 unspecified atom stereocenters. The molecule has 0 saturated carbocycles. The zero-order valence-corrected chi connectivity index (χ0v) is 10.1. The number of nitrogens with one attached hydrogen (secondary N) is 2. The van der Waals surface area contributed by atoms with E-state index in [1.807, 2.05) is 0 Å². The molecule has 1 aliphatic rings. The van der Waals surface area contributed by atoms with Crippen LogP contribution in [0.2, 0.25) is 0 Å². The van der Waals surface area contributed by atoms with Crippen LogP contribution in [0.4, 0.5) is 0 Å². The molecule has 7 heteroatoms. The summed E-state index contributed by atoms with van der Waals surface area (Å²) in [6, 6.07) is -0.353. The van der Waals surface area contributed by atoms with E-state index in [0.29, 0.717) is 25.9 Å². The van der Waals surface area contributed by atoms with E-state index in [-0.39, 0.29) is 17.7 Å². The SMILES string of the molecule is CS(=O)(=O)CCCNC(=O)C1CC(O)CN1. The largest absolute Gasteiger partial charge is 0.392 e. The quantitative estimate of drug-likeness (QED) is 0.503. The van der Waals surface area contributed by atoms with Gasteiger partial charge in [-0.05, 0) is 12.8 Å². The van der Waals surface area contributed by atoms with E-state index in [4.69, 9.17) is 0 Å². The van der Waals surface area contributed by atoms with Gasteiger partial charge in [-0.2, -0.15) is 0 Å². The number of carbonyl (C=O) groups excluding carboxylic acids is 1. The molecule has 0 radical (unpaired) electrons. The molecule has 6 nitrogen and oxygen atoms in total. The number of rotatable bonds is 5. The summed E-state index contributed by atoms with van der Waals surface area (Å²) in [5.41, 5.74) is 0. The molecule has 1 fully saturated rings. The first kappa shape index (κ1) is 13.4. The number of carbonyl (C=O) groups is 1. The van der Waals surface area contributed by atoms with Gasteiger partial charge >= 0.3 is 0 Å². The van der Waals surface area contributed by atoms with Crippen molar-refractivity contribution in [2.75, 3.05) is 25.1 Å². The van der Waals surface area contributed by atoms with Crippen LogP contribution >= 0.6 is 0 Å². The fourth-order valence-electron chi connectivity index (χ4n) is 1.59. The van der Waals surface area contributed by atoms with Crippen molar-refractivity contribution < 1.29 is 18.3 Å². The maximum atomic E-state index is 11.5. The van der Waals surface area contributed by atoms with Crippen LogP contribution in [-0.4, -0.2) is 56.7 Å². The van der Waals surface area contributed by atoms with Crippen LogP contribution in [0.15, 0.2) is 0 Å². The predicted octanol–water partition coefficient (Wildman–Crippen LogP) is -1.74. The van der Waals surface area contributed by atoms with Crippen LogP contribution in [0.3, 0.4) is 0 Å². The second-order valence-corrected chi connectivity index (χ2v) is 6.38. The van der Waals surface area contributed by atoms with Gasteiger partial charge in [-0.25, -0.2) is 8.42 Å². The van der Waals surface area contributed by atoms with Crippen LogP contribution in [-0.2, 0) is 14.6 Å². The smallest absolute Gasteiger partial charge is 0.237 e. The van der Waals surface area contributed by atoms with Gasteiger partial charge in [0, 0.05) is 19.3 Å². The van der Waals surface area contributed by atoms with Crippen LogP contribution < -0.4 is 10.6 Å². The molecule has 3 N–H and O–H groups in total. The van der Waals surface area contributed by atoms with Gasteiger partial charge in [-0.1, -0.05) is 0 Å². The Kier molecular flexibility index (Phi) is 4.69. The molecule has 0 aromatic rings. The molecular formula is C9H18N2O4S. The zero-order chi connectivity index (χ0) is 12.2. The lowest BCUT2D eigenvalue weighted by Crippen LogP contribution is -2.41. The Labute approximate surface area is 95.3 Å². The topological polar surface area (TPSA) is 95.5 Å². The third-order valence-corrected chi connectivity index (χ3v) is 3.45. The van der Waals surface area contributed by atoms with E-state index in [1.165, 1.54) is 6.26 Å².